The van der Waals surface area contributed by atoms with Crippen molar-refractivity contribution in [2.24, 2.45) is 5.92 Å². The summed E-state index contributed by atoms with van der Waals surface area (Å²) in [5.74, 6) is 2.96. The highest BCUT2D eigenvalue weighted by Crippen LogP contribution is 2.39. The lowest BCUT2D eigenvalue weighted by atomic mass is 9.78. The zero-order valence-corrected chi connectivity index (χ0v) is 12.3. The minimum Gasteiger partial charge on any atom is -0.457 e. The topological polar surface area (TPSA) is 9.23 Å². The number of hydrogen-bond acceptors (Lipinski definition) is 1. The average molecular weight is 264 g/mol. The van der Waals surface area contributed by atoms with E-state index in [-0.39, 0.29) is 0 Å². The van der Waals surface area contributed by atoms with E-state index in [1.165, 1.54) is 16.7 Å². The molecule has 20 heavy (non-hydrogen) atoms. The Morgan fingerprint density at radius 2 is 1.65 bits per heavy atom. The van der Waals surface area contributed by atoms with Gasteiger partial charge in [-0.2, -0.15) is 0 Å². The highest BCUT2D eigenvalue weighted by Gasteiger charge is 2.22. The largest absolute Gasteiger partial charge is 0.457 e. The van der Waals surface area contributed by atoms with Gasteiger partial charge in [0, 0.05) is 0 Å². The van der Waals surface area contributed by atoms with Crippen LogP contribution in [-0.4, -0.2) is 0 Å². The Morgan fingerprint density at radius 1 is 0.900 bits per heavy atom. The number of para-hydroxylation sites is 1. The van der Waals surface area contributed by atoms with Gasteiger partial charge >= 0.3 is 0 Å². The molecule has 0 aromatic heterocycles. The Morgan fingerprint density at radius 3 is 2.40 bits per heavy atom. The van der Waals surface area contributed by atoms with Crippen LogP contribution in [0.2, 0.25) is 0 Å². The van der Waals surface area contributed by atoms with Gasteiger partial charge in [-0.15, -0.1) is 0 Å². The lowest BCUT2D eigenvalue weighted by Gasteiger charge is -2.27. The molecule has 0 saturated carbocycles. The molecule has 2 unspecified atom stereocenters. The number of hydrogen-bond donors (Lipinski definition) is 0. The third-order valence-electron chi connectivity index (χ3n) is 4.22. The molecule has 3 rings (SSSR count). The molecule has 2 aromatic carbocycles. The second-order valence-electron chi connectivity index (χ2n) is 5.66. The van der Waals surface area contributed by atoms with Crippen molar-refractivity contribution in [1.82, 2.24) is 0 Å². The number of rotatable bonds is 2. The predicted molar refractivity (Wildman–Crippen MR) is 84.2 cm³/mol. The minimum atomic E-state index is 0.569. The molecular formula is C19H20O. The molecule has 2 aromatic rings. The van der Waals surface area contributed by atoms with E-state index in [0.717, 1.165) is 11.5 Å². The van der Waals surface area contributed by atoms with E-state index in [0.29, 0.717) is 11.8 Å². The summed E-state index contributed by atoms with van der Waals surface area (Å²) in [7, 11) is 0. The van der Waals surface area contributed by atoms with Gasteiger partial charge < -0.3 is 4.74 Å². The minimum absolute atomic E-state index is 0.569. The van der Waals surface area contributed by atoms with Crippen molar-refractivity contribution >= 4 is 5.57 Å². The van der Waals surface area contributed by atoms with Crippen LogP contribution in [0.5, 0.6) is 11.5 Å². The zero-order chi connectivity index (χ0) is 14.1. The van der Waals surface area contributed by atoms with Gasteiger partial charge in [-0.1, -0.05) is 44.2 Å². The van der Waals surface area contributed by atoms with Gasteiger partial charge in [0.05, 0.1) is 0 Å². The van der Waals surface area contributed by atoms with Crippen LogP contribution in [0.25, 0.3) is 5.57 Å². The first kappa shape index (κ1) is 13.0. The molecule has 0 bridgehead atoms. The number of ether oxygens (including phenoxy) is 1. The molecule has 0 radical (unpaired) electrons. The molecular weight excluding hydrogens is 244 g/mol. The summed E-state index contributed by atoms with van der Waals surface area (Å²) in [6.45, 7) is 6.77. The first-order chi connectivity index (χ1) is 9.65. The summed E-state index contributed by atoms with van der Waals surface area (Å²) in [6, 6.07) is 16.4. The lowest BCUT2D eigenvalue weighted by molar-refractivity contribution is 0.481. The van der Waals surface area contributed by atoms with Crippen LogP contribution in [0.1, 0.15) is 37.8 Å². The SMILES string of the molecule is CC1=CC(C)C(C)c2ccc(Oc3ccccc3)cc21. The number of benzene rings is 2. The van der Waals surface area contributed by atoms with Crippen molar-refractivity contribution in [3.8, 4) is 11.5 Å². The van der Waals surface area contributed by atoms with Gasteiger partial charge in [0.25, 0.3) is 0 Å². The van der Waals surface area contributed by atoms with Crippen LogP contribution in [0.15, 0.2) is 54.6 Å². The van der Waals surface area contributed by atoms with Gasteiger partial charge in [0.2, 0.25) is 0 Å². The fourth-order valence-electron chi connectivity index (χ4n) is 2.87. The molecule has 2 atom stereocenters. The third-order valence-corrected chi connectivity index (χ3v) is 4.22. The summed E-state index contributed by atoms with van der Waals surface area (Å²) in [5.41, 5.74) is 4.10. The highest BCUT2D eigenvalue weighted by atomic mass is 16.5. The van der Waals surface area contributed by atoms with Gasteiger partial charge in [-0.3, -0.25) is 0 Å². The van der Waals surface area contributed by atoms with Crippen LogP contribution in [0, 0.1) is 5.92 Å². The molecule has 102 valence electrons. The first-order valence-electron chi connectivity index (χ1n) is 7.21. The van der Waals surface area contributed by atoms with Crippen molar-refractivity contribution in [3.63, 3.8) is 0 Å². The molecule has 1 nitrogen and oxygen atoms in total. The summed E-state index contributed by atoms with van der Waals surface area (Å²) < 4.78 is 5.93. The molecule has 1 aliphatic rings. The van der Waals surface area contributed by atoms with Crippen molar-refractivity contribution in [3.05, 3.63) is 65.7 Å². The van der Waals surface area contributed by atoms with Crippen molar-refractivity contribution in [1.29, 1.82) is 0 Å². The van der Waals surface area contributed by atoms with Crippen LogP contribution in [0.4, 0.5) is 0 Å². The summed E-state index contributed by atoms with van der Waals surface area (Å²) >= 11 is 0. The summed E-state index contributed by atoms with van der Waals surface area (Å²) in [4.78, 5) is 0. The van der Waals surface area contributed by atoms with Crippen LogP contribution in [0.3, 0.4) is 0 Å². The number of fused-ring (bicyclic) bond motifs is 1. The van der Waals surface area contributed by atoms with Crippen molar-refractivity contribution in [2.75, 3.05) is 0 Å². The zero-order valence-electron chi connectivity index (χ0n) is 12.3. The Hall–Kier alpha value is -2.02. The standard InChI is InChI=1S/C19H20O/c1-13-11-14(2)19-12-17(9-10-18(19)15(13)3)20-16-7-5-4-6-8-16/h4-13,15H,1-3H3. The van der Waals surface area contributed by atoms with Gasteiger partial charge in [-0.05, 0) is 59.7 Å². The lowest BCUT2D eigenvalue weighted by Crippen LogP contribution is -2.11. The Kier molecular flexibility index (Phi) is 3.35. The normalized spacial score (nSPS) is 21.1. The Balaban J connectivity index is 1.95. The maximum Gasteiger partial charge on any atom is 0.128 e. The second kappa shape index (κ2) is 5.16. The van der Waals surface area contributed by atoms with Crippen LogP contribution < -0.4 is 4.74 Å². The van der Waals surface area contributed by atoms with E-state index in [2.05, 4.69) is 45.0 Å². The predicted octanol–water partition coefficient (Wildman–Crippen LogP) is 5.64. The highest BCUT2D eigenvalue weighted by molar-refractivity contribution is 5.71. The quantitative estimate of drug-likeness (QED) is 0.682. The molecule has 0 amide bonds. The third kappa shape index (κ3) is 2.36. The summed E-state index contributed by atoms with van der Waals surface area (Å²) in [5, 5.41) is 0. The average Bonchev–Trinajstić information content (AvgIpc) is 2.46. The Labute approximate surface area is 120 Å². The maximum absolute atomic E-state index is 5.93. The van der Waals surface area contributed by atoms with Gasteiger partial charge in [0.1, 0.15) is 11.5 Å². The molecule has 0 saturated heterocycles. The first-order valence-corrected chi connectivity index (χ1v) is 7.21. The van der Waals surface area contributed by atoms with E-state index in [9.17, 15) is 0 Å². The van der Waals surface area contributed by atoms with Crippen molar-refractivity contribution < 1.29 is 4.74 Å². The second-order valence-corrected chi connectivity index (χ2v) is 5.66. The van der Waals surface area contributed by atoms with E-state index in [1.54, 1.807) is 0 Å². The number of allylic oxidation sites excluding steroid dienone is 2. The fourth-order valence-corrected chi connectivity index (χ4v) is 2.87. The smallest absolute Gasteiger partial charge is 0.128 e. The molecule has 0 fully saturated rings. The van der Waals surface area contributed by atoms with Crippen LogP contribution in [-0.2, 0) is 0 Å². The molecule has 0 heterocycles. The van der Waals surface area contributed by atoms with Crippen molar-refractivity contribution in [2.45, 2.75) is 26.7 Å². The monoisotopic (exact) mass is 264 g/mol. The van der Waals surface area contributed by atoms with E-state index >= 15 is 0 Å². The van der Waals surface area contributed by atoms with E-state index < -0.39 is 0 Å². The fraction of sp³-hybridized carbons (Fsp3) is 0.263. The molecule has 0 aliphatic heterocycles. The molecule has 1 heteroatoms. The van der Waals surface area contributed by atoms with E-state index in [1.807, 2.05) is 30.3 Å². The van der Waals surface area contributed by atoms with Crippen LogP contribution >= 0.6 is 0 Å². The van der Waals surface area contributed by atoms with Gasteiger partial charge in [-0.25, -0.2) is 0 Å². The maximum atomic E-state index is 5.93. The molecule has 0 spiro atoms. The molecule has 0 N–H and O–H groups in total. The van der Waals surface area contributed by atoms with E-state index in [4.69, 9.17) is 4.74 Å². The Bertz CT molecular complexity index is 640. The summed E-state index contributed by atoms with van der Waals surface area (Å²) in [6.07, 6.45) is 2.36. The molecule has 1 aliphatic carbocycles. The van der Waals surface area contributed by atoms with Gasteiger partial charge in [0.15, 0.2) is 0 Å².